The highest BCUT2D eigenvalue weighted by molar-refractivity contribution is 8.01. The van der Waals surface area contributed by atoms with Crippen molar-refractivity contribution in [1.82, 2.24) is 9.62 Å². The van der Waals surface area contributed by atoms with Crippen molar-refractivity contribution in [3.05, 3.63) is 0 Å². The minimum absolute atomic E-state index is 0.391. The first kappa shape index (κ1) is 8.17. The van der Waals surface area contributed by atoms with Gasteiger partial charge in [-0.05, 0) is 14.1 Å². The zero-order valence-corrected chi connectivity index (χ0v) is 7.69. The average molecular weight is 164 g/mol. The van der Waals surface area contributed by atoms with Crippen LogP contribution in [-0.2, 0) is 10.1 Å². The summed E-state index contributed by atoms with van der Waals surface area (Å²) in [5.74, 6) is 0. The van der Waals surface area contributed by atoms with Gasteiger partial charge in [-0.15, -0.1) is 0 Å². The maximum absolute atomic E-state index is 11.6. The van der Waals surface area contributed by atoms with E-state index in [0.717, 1.165) is 13.1 Å². The molecule has 0 aromatic rings. The predicted octanol–water partition coefficient (Wildman–Crippen LogP) is -0.919. The van der Waals surface area contributed by atoms with Crippen LogP contribution in [0.4, 0.5) is 0 Å². The third kappa shape index (κ3) is 1.38. The molecule has 10 heavy (non-hydrogen) atoms. The summed E-state index contributed by atoms with van der Waals surface area (Å²) in [6, 6.07) is 0. The Balaban J connectivity index is 2.44. The third-order valence-electron chi connectivity index (χ3n) is 2.19. The molecule has 4 heteroatoms. The van der Waals surface area contributed by atoms with Crippen molar-refractivity contribution >= 4 is 10.1 Å². The molecule has 0 unspecified atom stereocenters. The SMILES string of the molecule is CN[SH](C)(=O)C1CN(C)C1. The lowest BCUT2D eigenvalue weighted by molar-refractivity contribution is 0.233. The molecule has 1 fully saturated rings. The van der Waals surface area contributed by atoms with Crippen LogP contribution in [0.5, 0.6) is 0 Å². The van der Waals surface area contributed by atoms with Crippen LogP contribution < -0.4 is 4.72 Å². The van der Waals surface area contributed by atoms with E-state index >= 15 is 0 Å². The molecule has 0 aromatic heterocycles. The zero-order chi connectivity index (χ0) is 7.78. The number of nitrogens with zero attached hydrogens (tertiary/aromatic N) is 1. The Morgan fingerprint density at radius 1 is 1.60 bits per heavy atom. The Kier molecular flexibility index (Phi) is 2.12. The van der Waals surface area contributed by atoms with Gasteiger partial charge in [0.2, 0.25) is 0 Å². The van der Waals surface area contributed by atoms with Crippen molar-refractivity contribution in [3.63, 3.8) is 0 Å². The summed E-state index contributed by atoms with van der Waals surface area (Å²) in [6.07, 6.45) is 1.82. The standard InChI is InChI=1S/C6H16N2OS/c1-7-10(3,9)6-4-8(2)5-6/h6,10H,4-5H2,1-3H3,(H,7,9). The first-order valence-corrected chi connectivity index (χ1v) is 5.73. The lowest BCUT2D eigenvalue weighted by Gasteiger charge is -2.42. The monoisotopic (exact) mass is 164 g/mol. The van der Waals surface area contributed by atoms with E-state index in [1.807, 2.05) is 13.3 Å². The Bertz CT molecular complexity index is 165. The lowest BCUT2D eigenvalue weighted by Crippen LogP contribution is -2.57. The van der Waals surface area contributed by atoms with Crippen LogP contribution in [0.25, 0.3) is 0 Å². The van der Waals surface area contributed by atoms with E-state index in [1.165, 1.54) is 0 Å². The summed E-state index contributed by atoms with van der Waals surface area (Å²) in [6.45, 7) is 1.96. The van der Waals surface area contributed by atoms with Gasteiger partial charge in [-0.1, -0.05) is 10.1 Å². The molecule has 0 bridgehead atoms. The van der Waals surface area contributed by atoms with E-state index in [4.69, 9.17) is 0 Å². The molecule has 1 N–H and O–H groups in total. The van der Waals surface area contributed by atoms with Crippen LogP contribution in [0.1, 0.15) is 0 Å². The smallest absolute Gasteiger partial charge is 0.0492 e. The molecule has 0 saturated carbocycles. The minimum Gasteiger partial charge on any atom is -0.304 e. The molecule has 0 atom stereocenters. The molecule has 0 radical (unpaired) electrons. The summed E-state index contributed by atoms with van der Waals surface area (Å²) in [7, 11) is 1.82. The fourth-order valence-electron chi connectivity index (χ4n) is 1.16. The van der Waals surface area contributed by atoms with E-state index in [1.54, 1.807) is 7.05 Å². The number of nitrogens with one attached hydrogen (secondary N) is 1. The fraction of sp³-hybridized carbons (Fsp3) is 1.00. The Labute approximate surface area is 63.3 Å². The summed E-state index contributed by atoms with van der Waals surface area (Å²) in [5, 5.41) is 0.391. The van der Waals surface area contributed by atoms with Gasteiger partial charge in [0.15, 0.2) is 0 Å². The summed E-state index contributed by atoms with van der Waals surface area (Å²) in [4.78, 5) is 2.18. The molecule has 1 saturated heterocycles. The largest absolute Gasteiger partial charge is 0.304 e. The molecule has 1 aliphatic heterocycles. The van der Waals surface area contributed by atoms with Crippen molar-refractivity contribution in [2.45, 2.75) is 5.25 Å². The van der Waals surface area contributed by atoms with Gasteiger partial charge in [-0.2, -0.15) is 0 Å². The molecule has 62 valence electrons. The summed E-state index contributed by atoms with van der Waals surface area (Å²) in [5.41, 5.74) is 0. The first-order chi connectivity index (χ1) is 4.56. The minimum atomic E-state index is -2.01. The van der Waals surface area contributed by atoms with Crippen molar-refractivity contribution in [2.24, 2.45) is 0 Å². The van der Waals surface area contributed by atoms with Crippen LogP contribution in [-0.4, -0.2) is 47.8 Å². The first-order valence-electron chi connectivity index (χ1n) is 3.51. The third-order valence-corrected chi connectivity index (χ3v) is 4.79. The van der Waals surface area contributed by atoms with Crippen molar-refractivity contribution in [1.29, 1.82) is 0 Å². The maximum atomic E-state index is 11.6. The Hall–Kier alpha value is 0.0700. The Morgan fingerprint density at radius 3 is 2.40 bits per heavy atom. The van der Waals surface area contributed by atoms with Gasteiger partial charge >= 0.3 is 0 Å². The van der Waals surface area contributed by atoms with Crippen LogP contribution in [0.2, 0.25) is 0 Å². The van der Waals surface area contributed by atoms with E-state index in [2.05, 4.69) is 9.62 Å². The van der Waals surface area contributed by atoms with Gasteiger partial charge in [0.05, 0.1) is 0 Å². The van der Waals surface area contributed by atoms with Crippen molar-refractivity contribution in [3.8, 4) is 0 Å². The molecular formula is C6H16N2OS. The normalized spacial score (nSPS) is 24.3. The number of hydrogen-bond donors (Lipinski definition) is 2. The van der Waals surface area contributed by atoms with Crippen LogP contribution in [0.3, 0.4) is 0 Å². The summed E-state index contributed by atoms with van der Waals surface area (Å²) >= 11 is 0. The molecule has 1 heterocycles. The lowest BCUT2D eigenvalue weighted by atomic mass is 10.2. The van der Waals surface area contributed by atoms with E-state index < -0.39 is 10.1 Å². The van der Waals surface area contributed by atoms with Crippen molar-refractivity contribution < 1.29 is 4.21 Å². The van der Waals surface area contributed by atoms with Crippen LogP contribution in [0, 0.1) is 0 Å². The number of hydrogen-bond acceptors (Lipinski definition) is 2. The highest BCUT2D eigenvalue weighted by Crippen LogP contribution is 2.15. The number of likely N-dealkylation sites (tertiary alicyclic amines) is 1. The quantitative estimate of drug-likeness (QED) is 0.517. The molecule has 0 aliphatic carbocycles. The van der Waals surface area contributed by atoms with E-state index in [9.17, 15) is 4.21 Å². The van der Waals surface area contributed by atoms with Crippen LogP contribution in [0.15, 0.2) is 0 Å². The highest BCUT2D eigenvalue weighted by Gasteiger charge is 2.31. The van der Waals surface area contributed by atoms with Crippen LogP contribution >= 0.6 is 0 Å². The predicted molar refractivity (Wildman–Crippen MR) is 45.8 cm³/mol. The Morgan fingerprint density at radius 2 is 2.10 bits per heavy atom. The molecular weight excluding hydrogens is 148 g/mol. The molecule has 0 aromatic carbocycles. The molecule has 3 nitrogen and oxygen atoms in total. The van der Waals surface area contributed by atoms with Crippen molar-refractivity contribution in [2.75, 3.05) is 33.4 Å². The van der Waals surface area contributed by atoms with Gasteiger partial charge in [-0.25, -0.2) is 0 Å². The molecule has 0 spiro atoms. The van der Waals surface area contributed by atoms with Gasteiger partial charge in [0.25, 0.3) is 0 Å². The average Bonchev–Trinajstić information content (AvgIpc) is 1.81. The van der Waals surface area contributed by atoms with E-state index in [-0.39, 0.29) is 0 Å². The molecule has 0 amide bonds. The second kappa shape index (κ2) is 2.60. The maximum Gasteiger partial charge on any atom is 0.0492 e. The van der Waals surface area contributed by atoms with Gasteiger partial charge in [0, 0.05) is 24.6 Å². The van der Waals surface area contributed by atoms with Gasteiger partial charge < -0.3 is 4.90 Å². The van der Waals surface area contributed by atoms with Gasteiger partial charge in [0.1, 0.15) is 0 Å². The number of rotatable bonds is 2. The second-order valence-electron chi connectivity index (χ2n) is 3.09. The second-order valence-corrected chi connectivity index (χ2v) is 6.25. The molecule has 1 aliphatic rings. The zero-order valence-electron chi connectivity index (χ0n) is 6.79. The topological polar surface area (TPSA) is 32.3 Å². The summed E-state index contributed by atoms with van der Waals surface area (Å²) < 4.78 is 14.5. The highest BCUT2D eigenvalue weighted by atomic mass is 32.3. The van der Waals surface area contributed by atoms with E-state index in [0.29, 0.717) is 5.25 Å². The number of thiol groups is 1. The fourth-order valence-corrected chi connectivity index (χ4v) is 2.71. The van der Waals surface area contributed by atoms with Gasteiger partial charge in [-0.3, -0.25) is 8.93 Å². The molecule has 1 rings (SSSR count).